The monoisotopic (exact) mass is 165 g/mol. The quantitative estimate of drug-likeness (QED) is 0.631. The Balaban J connectivity index is 4.78. The zero-order chi connectivity index (χ0) is 9.56. The Kier molecular flexibility index (Phi) is 5.18. The van der Waals surface area contributed by atoms with Crippen LogP contribution in [0.25, 0.3) is 0 Å². The van der Waals surface area contributed by atoms with Gasteiger partial charge in [-0.15, -0.1) is 0 Å². The highest BCUT2D eigenvalue weighted by molar-refractivity contribution is 5.35. The van der Waals surface area contributed by atoms with Gasteiger partial charge in [0.1, 0.15) is 0 Å². The standard InChI is InChI=1S/C11H19N/c1-6-8-10(4)11(12-5)9(3)7-2/h7-8,12H,2,6H2,1,3-5H3/b10-8-,11-9+. The van der Waals surface area contributed by atoms with Gasteiger partial charge in [-0.2, -0.15) is 0 Å². The molecule has 1 nitrogen and oxygen atoms in total. The van der Waals surface area contributed by atoms with E-state index in [4.69, 9.17) is 0 Å². The van der Waals surface area contributed by atoms with Crippen LogP contribution in [-0.4, -0.2) is 7.05 Å². The van der Waals surface area contributed by atoms with E-state index in [9.17, 15) is 0 Å². The number of rotatable bonds is 4. The Morgan fingerprint density at radius 3 is 2.33 bits per heavy atom. The topological polar surface area (TPSA) is 12.0 Å². The van der Waals surface area contributed by atoms with E-state index < -0.39 is 0 Å². The maximum Gasteiger partial charge on any atom is 0.0393 e. The van der Waals surface area contributed by atoms with Crippen LogP contribution in [0.5, 0.6) is 0 Å². The smallest absolute Gasteiger partial charge is 0.0393 e. The second kappa shape index (κ2) is 5.64. The van der Waals surface area contributed by atoms with E-state index in [1.54, 1.807) is 0 Å². The van der Waals surface area contributed by atoms with Crippen LogP contribution in [-0.2, 0) is 0 Å². The van der Waals surface area contributed by atoms with Gasteiger partial charge in [-0.3, -0.25) is 0 Å². The lowest BCUT2D eigenvalue weighted by molar-refractivity contribution is 0.970. The van der Waals surface area contributed by atoms with Crippen LogP contribution >= 0.6 is 0 Å². The number of hydrogen-bond acceptors (Lipinski definition) is 1. The van der Waals surface area contributed by atoms with E-state index in [1.165, 1.54) is 16.8 Å². The van der Waals surface area contributed by atoms with Gasteiger partial charge in [0, 0.05) is 12.7 Å². The first kappa shape index (κ1) is 11.0. The van der Waals surface area contributed by atoms with Crippen LogP contribution in [0.3, 0.4) is 0 Å². The van der Waals surface area contributed by atoms with Gasteiger partial charge < -0.3 is 5.32 Å². The summed E-state index contributed by atoms with van der Waals surface area (Å²) in [5.41, 5.74) is 3.67. The van der Waals surface area contributed by atoms with Gasteiger partial charge in [0.2, 0.25) is 0 Å². The molecule has 0 fully saturated rings. The summed E-state index contributed by atoms with van der Waals surface area (Å²) in [5, 5.41) is 3.18. The van der Waals surface area contributed by atoms with Crippen LogP contribution in [0.4, 0.5) is 0 Å². The van der Waals surface area contributed by atoms with E-state index in [0.29, 0.717) is 0 Å². The van der Waals surface area contributed by atoms with E-state index in [-0.39, 0.29) is 0 Å². The number of allylic oxidation sites excluding steroid dienone is 4. The minimum Gasteiger partial charge on any atom is -0.388 e. The molecule has 0 bridgehead atoms. The maximum absolute atomic E-state index is 3.75. The Hall–Kier alpha value is -0.980. The summed E-state index contributed by atoms with van der Waals surface area (Å²) in [4.78, 5) is 0. The SMILES string of the molecule is C=C/C(C)=C(NC)\C(C)=C/CC. The lowest BCUT2D eigenvalue weighted by Gasteiger charge is -2.09. The molecule has 1 N–H and O–H groups in total. The summed E-state index contributed by atoms with van der Waals surface area (Å²) in [5.74, 6) is 0. The van der Waals surface area contributed by atoms with Crippen LogP contribution in [0.15, 0.2) is 35.6 Å². The van der Waals surface area contributed by atoms with Crippen molar-refractivity contribution in [1.29, 1.82) is 0 Å². The van der Waals surface area contributed by atoms with Gasteiger partial charge in [-0.05, 0) is 31.4 Å². The summed E-state index contributed by atoms with van der Waals surface area (Å²) < 4.78 is 0. The molecule has 0 saturated heterocycles. The average Bonchev–Trinajstić information content (AvgIpc) is 2.06. The van der Waals surface area contributed by atoms with E-state index in [2.05, 4.69) is 38.7 Å². The van der Waals surface area contributed by atoms with E-state index in [1.807, 2.05) is 13.1 Å². The summed E-state index contributed by atoms with van der Waals surface area (Å²) in [7, 11) is 1.94. The molecule has 0 amide bonds. The summed E-state index contributed by atoms with van der Waals surface area (Å²) >= 11 is 0. The van der Waals surface area contributed by atoms with E-state index in [0.717, 1.165) is 6.42 Å². The van der Waals surface area contributed by atoms with Crippen LogP contribution in [0.1, 0.15) is 27.2 Å². The summed E-state index contributed by atoms with van der Waals surface area (Å²) in [6, 6.07) is 0. The van der Waals surface area contributed by atoms with Crippen molar-refractivity contribution in [1.82, 2.24) is 5.32 Å². The molecule has 0 aliphatic heterocycles. The molecule has 0 aromatic heterocycles. The molecule has 0 aromatic rings. The molecule has 0 atom stereocenters. The van der Waals surface area contributed by atoms with Crippen molar-refractivity contribution in [3.05, 3.63) is 35.6 Å². The molecule has 0 rings (SSSR count). The molecule has 12 heavy (non-hydrogen) atoms. The van der Waals surface area contributed by atoms with Crippen molar-refractivity contribution in [3.63, 3.8) is 0 Å². The molecular weight excluding hydrogens is 146 g/mol. The Morgan fingerprint density at radius 1 is 1.42 bits per heavy atom. The predicted molar refractivity (Wildman–Crippen MR) is 56.0 cm³/mol. The molecule has 0 heterocycles. The van der Waals surface area contributed by atoms with Crippen molar-refractivity contribution in [2.24, 2.45) is 0 Å². The largest absolute Gasteiger partial charge is 0.388 e. The fraction of sp³-hybridized carbons (Fsp3) is 0.455. The minimum atomic E-state index is 1.07. The molecule has 0 aromatic carbocycles. The molecule has 0 saturated carbocycles. The Bertz CT molecular complexity index is 209. The maximum atomic E-state index is 3.75. The second-order valence-electron chi connectivity index (χ2n) is 2.81. The Morgan fingerprint density at radius 2 is 2.00 bits per heavy atom. The van der Waals surface area contributed by atoms with Crippen LogP contribution < -0.4 is 5.32 Å². The normalized spacial score (nSPS) is 13.8. The van der Waals surface area contributed by atoms with Gasteiger partial charge in [-0.25, -0.2) is 0 Å². The second-order valence-corrected chi connectivity index (χ2v) is 2.81. The molecule has 0 unspecified atom stereocenters. The fourth-order valence-corrected chi connectivity index (χ4v) is 1.22. The minimum absolute atomic E-state index is 1.07. The first-order valence-corrected chi connectivity index (χ1v) is 4.35. The highest BCUT2D eigenvalue weighted by atomic mass is 14.8. The predicted octanol–water partition coefficient (Wildman–Crippen LogP) is 3.02. The third-order valence-corrected chi connectivity index (χ3v) is 1.86. The van der Waals surface area contributed by atoms with Gasteiger partial charge >= 0.3 is 0 Å². The average molecular weight is 165 g/mol. The van der Waals surface area contributed by atoms with Gasteiger partial charge in [0.05, 0.1) is 0 Å². The lowest BCUT2D eigenvalue weighted by Crippen LogP contribution is -2.08. The van der Waals surface area contributed by atoms with Crippen molar-refractivity contribution >= 4 is 0 Å². The van der Waals surface area contributed by atoms with Gasteiger partial charge in [0.15, 0.2) is 0 Å². The first-order valence-electron chi connectivity index (χ1n) is 4.35. The number of likely N-dealkylation sites (N-methyl/N-ethyl adjacent to an activating group) is 1. The first-order chi connectivity index (χ1) is 5.67. The number of hydrogen-bond donors (Lipinski definition) is 1. The zero-order valence-corrected chi connectivity index (χ0v) is 8.57. The third kappa shape index (κ3) is 2.95. The zero-order valence-electron chi connectivity index (χ0n) is 8.57. The summed E-state index contributed by atoms with van der Waals surface area (Å²) in [6.07, 6.45) is 5.15. The van der Waals surface area contributed by atoms with Gasteiger partial charge in [0.25, 0.3) is 0 Å². The highest BCUT2D eigenvalue weighted by Crippen LogP contribution is 2.12. The number of nitrogens with one attached hydrogen (secondary N) is 1. The van der Waals surface area contributed by atoms with Crippen molar-refractivity contribution < 1.29 is 0 Å². The lowest BCUT2D eigenvalue weighted by atomic mass is 10.1. The van der Waals surface area contributed by atoms with Crippen molar-refractivity contribution in [3.8, 4) is 0 Å². The molecule has 68 valence electrons. The third-order valence-electron chi connectivity index (χ3n) is 1.86. The molecule has 1 heteroatoms. The Labute approximate surface area is 75.9 Å². The highest BCUT2D eigenvalue weighted by Gasteiger charge is 1.98. The fourth-order valence-electron chi connectivity index (χ4n) is 1.22. The molecule has 0 aliphatic rings. The molecule has 0 radical (unpaired) electrons. The van der Waals surface area contributed by atoms with Crippen molar-refractivity contribution in [2.45, 2.75) is 27.2 Å². The summed E-state index contributed by atoms with van der Waals surface area (Å²) in [6.45, 7) is 10.1. The molecule has 0 aliphatic carbocycles. The van der Waals surface area contributed by atoms with E-state index >= 15 is 0 Å². The van der Waals surface area contributed by atoms with Gasteiger partial charge in [-0.1, -0.05) is 25.7 Å². The van der Waals surface area contributed by atoms with Crippen molar-refractivity contribution in [2.75, 3.05) is 7.05 Å². The molecular formula is C11H19N. The molecule has 0 spiro atoms. The van der Waals surface area contributed by atoms with Crippen LogP contribution in [0.2, 0.25) is 0 Å². The van der Waals surface area contributed by atoms with Crippen LogP contribution in [0, 0.1) is 0 Å².